The van der Waals surface area contributed by atoms with Crippen LogP contribution in [0.5, 0.6) is 0 Å². The summed E-state index contributed by atoms with van der Waals surface area (Å²) in [5.74, 6) is 1.68. The molecule has 8 heteroatoms. The summed E-state index contributed by atoms with van der Waals surface area (Å²) in [4.78, 5) is 26.1. The third-order valence-corrected chi connectivity index (χ3v) is 10.3. The van der Waals surface area contributed by atoms with Gasteiger partial charge in [0.15, 0.2) is 0 Å². The summed E-state index contributed by atoms with van der Waals surface area (Å²) in [6.07, 6.45) is 9.73. The molecule has 1 aromatic heterocycles. The number of carbonyl (C=O) groups is 1. The van der Waals surface area contributed by atoms with Gasteiger partial charge in [-0.2, -0.15) is 9.78 Å². The van der Waals surface area contributed by atoms with Crippen molar-refractivity contribution >= 4 is 27.5 Å². The SMILES string of the molecule is C[C@H]1[C@H]2C[C@H](C[C@H]1Nc1cnn(-c3cccc(C(=O)NCC4(O)CCCCCC4)c3)c(=O)c1Br)C2(C)C. The van der Waals surface area contributed by atoms with E-state index in [4.69, 9.17) is 0 Å². The maximum Gasteiger partial charge on any atom is 0.287 e. The van der Waals surface area contributed by atoms with Crippen molar-refractivity contribution in [2.24, 2.45) is 23.2 Å². The average molecular weight is 572 g/mol. The van der Waals surface area contributed by atoms with Crippen LogP contribution in [0.3, 0.4) is 0 Å². The Morgan fingerprint density at radius 2 is 1.92 bits per heavy atom. The quantitative estimate of drug-likeness (QED) is 0.410. The molecule has 4 fully saturated rings. The van der Waals surface area contributed by atoms with Gasteiger partial charge in [-0.05, 0) is 83.0 Å². The lowest BCUT2D eigenvalue weighted by Crippen LogP contribution is -2.58. The van der Waals surface area contributed by atoms with Gasteiger partial charge in [-0.25, -0.2) is 0 Å². The van der Waals surface area contributed by atoms with E-state index >= 15 is 0 Å². The largest absolute Gasteiger partial charge is 0.388 e. The van der Waals surface area contributed by atoms with Gasteiger partial charge in [-0.1, -0.05) is 52.5 Å². The molecule has 0 spiro atoms. The Bertz CT molecular complexity index is 1220. The number of benzene rings is 1. The molecule has 4 aliphatic rings. The fourth-order valence-corrected chi connectivity index (χ4v) is 7.33. The van der Waals surface area contributed by atoms with Crippen LogP contribution in [0.2, 0.25) is 0 Å². The molecule has 0 unspecified atom stereocenters. The van der Waals surface area contributed by atoms with Crippen molar-refractivity contribution in [1.82, 2.24) is 15.1 Å². The number of rotatable bonds is 6. The molecule has 2 bridgehead atoms. The highest BCUT2D eigenvalue weighted by Gasteiger charge is 2.56. The number of fused-ring (bicyclic) bond motifs is 2. The molecule has 4 atom stereocenters. The van der Waals surface area contributed by atoms with E-state index in [-0.39, 0.29) is 18.0 Å². The Kier molecular flexibility index (Phi) is 7.26. The second-order valence-electron chi connectivity index (χ2n) is 12.2. The first-order valence-electron chi connectivity index (χ1n) is 13.7. The van der Waals surface area contributed by atoms with Crippen molar-refractivity contribution in [2.45, 2.75) is 83.8 Å². The summed E-state index contributed by atoms with van der Waals surface area (Å²) in [5.41, 5.74) is 0.947. The van der Waals surface area contributed by atoms with Crippen molar-refractivity contribution in [3.8, 4) is 5.69 Å². The van der Waals surface area contributed by atoms with E-state index in [1.165, 1.54) is 11.1 Å². The Balaban J connectivity index is 1.29. The molecule has 4 aliphatic carbocycles. The first kappa shape index (κ1) is 26.4. The molecule has 0 radical (unpaired) electrons. The van der Waals surface area contributed by atoms with Gasteiger partial charge >= 0.3 is 0 Å². The van der Waals surface area contributed by atoms with E-state index < -0.39 is 5.60 Å². The Morgan fingerprint density at radius 1 is 1.19 bits per heavy atom. The lowest BCUT2D eigenvalue weighted by molar-refractivity contribution is -0.105. The summed E-state index contributed by atoms with van der Waals surface area (Å²) in [6.45, 7) is 7.31. The molecule has 3 N–H and O–H groups in total. The maximum absolute atomic E-state index is 13.3. The minimum atomic E-state index is -0.845. The van der Waals surface area contributed by atoms with E-state index in [1.807, 2.05) is 0 Å². The van der Waals surface area contributed by atoms with Crippen molar-refractivity contribution in [3.05, 3.63) is 50.9 Å². The fourth-order valence-electron chi connectivity index (χ4n) is 6.95. The first-order valence-corrected chi connectivity index (χ1v) is 14.5. The Morgan fingerprint density at radius 3 is 2.59 bits per heavy atom. The maximum atomic E-state index is 13.3. The number of amides is 1. The van der Waals surface area contributed by atoms with Crippen LogP contribution in [0.25, 0.3) is 5.69 Å². The van der Waals surface area contributed by atoms with Crippen LogP contribution in [-0.4, -0.2) is 39.0 Å². The van der Waals surface area contributed by atoms with Crippen molar-refractivity contribution in [2.75, 3.05) is 11.9 Å². The lowest BCUT2D eigenvalue weighted by atomic mass is 9.45. The van der Waals surface area contributed by atoms with Gasteiger partial charge in [0, 0.05) is 18.2 Å². The number of halogens is 1. The summed E-state index contributed by atoms with van der Waals surface area (Å²) in [5, 5.41) is 21.8. The van der Waals surface area contributed by atoms with Crippen LogP contribution in [0.4, 0.5) is 5.69 Å². The number of hydrogen-bond donors (Lipinski definition) is 3. The molecule has 2 aromatic rings. The molecule has 1 heterocycles. The van der Waals surface area contributed by atoms with E-state index in [1.54, 1.807) is 30.5 Å². The minimum absolute atomic E-state index is 0.235. The average Bonchev–Trinajstić information content (AvgIpc) is 3.11. The highest BCUT2D eigenvalue weighted by Crippen LogP contribution is 2.61. The molecular weight excluding hydrogens is 532 g/mol. The van der Waals surface area contributed by atoms with Crippen LogP contribution in [-0.2, 0) is 0 Å². The first-order chi connectivity index (χ1) is 17.6. The lowest BCUT2D eigenvalue weighted by Gasteiger charge is -2.62. The monoisotopic (exact) mass is 570 g/mol. The van der Waals surface area contributed by atoms with Crippen molar-refractivity contribution < 1.29 is 9.90 Å². The molecule has 200 valence electrons. The number of aromatic nitrogens is 2. The summed E-state index contributed by atoms with van der Waals surface area (Å²) >= 11 is 3.51. The number of hydrogen-bond acceptors (Lipinski definition) is 5. The predicted molar refractivity (Wildman–Crippen MR) is 149 cm³/mol. The van der Waals surface area contributed by atoms with Crippen molar-refractivity contribution in [1.29, 1.82) is 0 Å². The van der Waals surface area contributed by atoms with Gasteiger partial charge in [-0.15, -0.1) is 0 Å². The van der Waals surface area contributed by atoms with Crippen LogP contribution >= 0.6 is 15.9 Å². The van der Waals surface area contributed by atoms with Crippen molar-refractivity contribution in [3.63, 3.8) is 0 Å². The number of nitrogens with one attached hydrogen (secondary N) is 2. The van der Waals surface area contributed by atoms with E-state index in [0.717, 1.165) is 38.0 Å². The van der Waals surface area contributed by atoms with Gasteiger partial charge in [0.25, 0.3) is 11.5 Å². The molecule has 6 rings (SSSR count). The minimum Gasteiger partial charge on any atom is -0.388 e. The normalized spacial score (nSPS) is 28.0. The van der Waals surface area contributed by atoms with Gasteiger partial charge in [0.1, 0.15) is 4.47 Å². The second-order valence-corrected chi connectivity index (χ2v) is 13.0. The molecule has 1 amide bonds. The molecular formula is C29H39BrN4O3. The number of aliphatic hydroxyl groups is 1. The zero-order valence-corrected chi connectivity index (χ0v) is 23.7. The highest BCUT2D eigenvalue weighted by molar-refractivity contribution is 9.10. The highest BCUT2D eigenvalue weighted by atomic mass is 79.9. The van der Waals surface area contributed by atoms with Crippen LogP contribution < -0.4 is 16.2 Å². The van der Waals surface area contributed by atoms with Crippen LogP contribution in [0, 0.1) is 23.2 Å². The third-order valence-electron chi connectivity index (χ3n) is 9.58. The fraction of sp³-hybridized carbons (Fsp3) is 0.621. The number of anilines is 1. The molecule has 1 aromatic carbocycles. The number of nitrogens with zero attached hydrogens (tertiary/aromatic N) is 2. The molecule has 0 aliphatic heterocycles. The zero-order valence-electron chi connectivity index (χ0n) is 22.1. The standard InChI is InChI=1S/C29H39BrN4O3/c1-18-22-14-20(28(22,2)3)15-23(18)33-24-16-32-34(27(36)25(24)30)21-10-8-9-19(13-21)26(35)31-17-29(37)11-6-4-5-7-12-29/h8-10,13,16,18,20,22-23,33,37H,4-7,11-12,14-15,17H2,1-3H3,(H,31,35)/t18-,20+,22+,23+/m0/s1. The predicted octanol–water partition coefficient (Wildman–Crippen LogP) is 5.29. The molecule has 7 nitrogen and oxygen atoms in total. The molecule has 37 heavy (non-hydrogen) atoms. The summed E-state index contributed by atoms with van der Waals surface area (Å²) in [7, 11) is 0. The second kappa shape index (κ2) is 10.2. The van der Waals surface area contributed by atoms with E-state index in [9.17, 15) is 14.7 Å². The van der Waals surface area contributed by atoms with Gasteiger partial charge in [0.2, 0.25) is 0 Å². The molecule has 0 saturated heterocycles. The smallest absolute Gasteiger partial charge is 0.287 e. The van der Waals surface area contributed by atoms with E-state index in [2.05, 4.69) is 52.4 Å². The third kappa shape index (κ3) is 5.11. The van der Waals surface area contributed by atoms with Crippen LogP contribution in [0.15, 0.2) is 39.7 Å². The molecule has 4 saturated carbocycles. The Labute approximate surface area is 227 Å². The van der Waals surface area contributed by atoms with E-state index in [0.29, 0.717) is 57.5 Å². The summed E-state index contributed by atoms with van der Waals surface area (Å²) < 4.78 is 1.76. The zero-order chi connectivity index (χ0) is 26.4. The Hall–Kier alpha value is -2.19. The van der Waals surface area contributed by atoms with Gasteiger partial charge in [0.05, 0.1) is 23.2 Å². The van der Waals surface area contributed by atoms with Crippen LogP contribution in [0.1, 0.15) is 82.5 Å². The van der Waals surface area contributed by atoms with Gasteiger partial charge < -0.3 is 15.7 Å². The topological polar surface area (TPSA) is 96.2 Å². The van der Waals surface area contributed by atoms with Gasteiger partial charge in [-0.3, -0.25) is 9.59 Å². The number of carbonyl (C=O) groups excluding carboxylic acids is 1. The summed E-state index contributed by atoms with van der Waals surface area (Å²) in [6, 6.07) is 7.21.